The molecule has 2 amide bonds. The molecule has 1 saturated heterocycles. The van der Waals surface area contributed by atoms with Gasteiger partial charge in [0, 0.05) is 32.4 Å². The van der Waals surface area contributed by atoms with Crippen LogP contribution in [0.15, 0.2) is 24.3 Å². The summed E-state index contributed by atoms with van der Waals surface area (Å²) in [7, 11) is 3.52. The highest BCUT2D eigenvalue weighted by atomic mass is 35.5. The number of rotatable bonds is 5. The van der Waals surface area contributed by atoms with E-state index in [-0.39, 0.29) is 30.0 Å². The van der Waals surface area contributed by atoms with Crippen LogP contribution in [-0.4, -0.2) is 50.4 Å². The van der Waals surface area contributed by atoms with Crippen LogP contribution in [0.5, 0.6) is 0 Å². The summed E-state index contributed by atoms with van der Waals surface area (Å²) >= 11 is 0. The Balaban J connectivity index is 0.00000242. The van der Waals surface area contributed by atoms with E-state index in [1.807, 2.05) is 7.05 Å². The van der Waals surface area contributed by atoms with Gasteiger partial charge < -0.3 is 15.1 Å². The Kier molecular flexibility index (Phi) is 6.77. The van der Waals surface area contributed by atoms with Crippen molar-refractivity contribution in [1.29, 1.82) is 0 Å². The third-order valence-electron chi connectivity index (χ3n) is 3.72. The maximum atomic E-state index is 12.9. The first-order valence-corrected chi connectivity index (χ1v) is 7.01. The Bertz CT molecular complexity index is 524. The van der Waals surface area contributed by atoms with Gasteiger partial charge in [0.25, 0.3) is 0 Å². The second kappa shape index (κ2) is 8.10. The number of benzene rings is 1. The Morgan fingerprint density at radius 3 is 2.64 bits per heavy atom. The molecule has 1 fully saturated rings. The predicted molar refractivity (Wildman–Crippen MR) is 85.7 cm³/mol. The second-order valence-corrected chi connectivity index (χ2v) is 5.17. The van der Waals surface area contributed by atoms with Crippen molar-refractivity contribution in [1.82, 2.24) is 10.2 Å². The van der Waals surface area contributed by atoms with Crippen LogP contribution in [0.2, 0.25) is 0 Å². The number of anilines is 1. The van der Waals surface area contributed by atoms with Gasteiger partial charge in [0.2, 0.25) is 11.8 Å². The summed E-state index contributed by atoms with van der Waals surface area (Å²) in [6.45, 7) is 1.74. The van der Waals surface area contributed by atoms with Gasteiger partial charge in [-0.2, -0.15) is 0 Å². The van der Waals surface area contributed by atoms with E-state index < -0.39 is 5.92 Å². The van der Waals surface area contributed by atoms with Gasteiger partial charge in [-0.1, -0.05) is 0 Å². The highest BCUT2D eigenvalue weighted by Gasteiger charge is 2.38. The topological polar surface area (TPSA) is 52.7 Å². The number of nitrogens with zero attached hydrogens (tertiary/aromatic N) is 2. The monoisotopic (exact) mass is 329 g/mol. The molecule has 1 aromatic carbocycles. The lowest BCUT2D eigenvalue weighted by Crippen LogP contribution is -2.40. The minimum Gasteiger partial charge on any atom is -0.344 e. The first-order chi connectivity index (χ1) is 10.0. The van der Waals surface area contributed by atoms with Gasteiger partial charge >= 0.3 is 0 Å². The highest BCUT2D eigenvalue weighted by molar-refractivity contribution is 6.09. The van der Waals surface area contributed by atoms with Crippen molar-refractivity contribution in [2.75, 3.05) is 38.6 Å². The average molecular weight is 330 g/mol. The van der Waals surface area contributed by atoms with Crippen LogP contribution < -0.4 is 10.2 Å². The molecule has 0 aromatic heterocycles. The van der Waals surface area contributed by atoms with Crippen LogP contribution in [0.3, 0.4) is 0 Å². The number of hydrogen-bond donors (Lipinski definition) is 1. The lowest BCUT2D eigenvalue weighted by molar-refractivity contribution is -0.138. The summed E-state index contributed by atoms with van der Waals surface area (Å²) in [6, 6.07) is 5.75. The van der Waals surface area contributed by atoms with Crippen molar-refractivity contribution in [2.45, 2.75) is 6.42 Å². The number of hydrogen-bond acceptors (Lipinski definition) is 3. The molecule has 1 unspecified atom stereocenters. The average Bonchev–Trinajstić information content (AvgIpc) is 2.86. The summed E-state index contributed by atoms with van der Waals surface area (Å²) in [5.74, 6) is -1.33. The zero-order valence-corrected chi connectivity index (χ0v) is 13.5. The molecule has 0 aliphatic carbocycles. The van der Waals surface area contributed by atoms with Crippen LogP contribution in [0.25, 0.3) is 0 Å². The summed E-state index contributed by atoms with van der Waals surface area (Å²) in [6.07, 6.45) is 0.499. The number of likely N-dealkylation sites (N-methyl/N-ethyl adjacent to an activating group) is 2. The molecule has 7 heteroatoms. The van der Waals surface area contributed by atoms with Gasteiger partial charge in [-0.15, -0.1) is 12.4 Å². The van der Waals surface area contributed by atoms with Crippen molar-refractivity contribution >= 4 is 29.9 Å². The lowest BCUT2D eigenvalue weighted by atomic mass is 10.1. The maximum absolute atomic E-state index is 12.9. The fourth-order valence-electron chi connectivity index (χ4n) is 2.44. The van der Waals surface area contributed by atoms with Crippen molar-refractivity contribution in [3.63, 3.8) is 0 Å². The molecule has 0 spiro atoms. The molecule has 22 heavy (non-hydrogen) atoms. The number of carbonyl (C=O) groups is 2. The number of amides is 2. The van der Waals surface area contributed by atoms with Crippen LogP contribution in [0.1, 0.15) is 6.42 Å². The molecule has 5 nitrogen and oxygen atoms in total. The molecule has 1 heterocycles. The summed E-state index contributed by atoms with van der Waals surface area (Å²) < 4.78 is 12.9. The lowest BCUT2D eigenvalue weighted by Gasteiger charge is -2.21. The molecule has 1 aliphatic heterocycles. The fraction of sp³-hybridized carbons (Fsp3) is 0.467. The maximum Gasteiger partial charge on any atom is 0.239 e. The standard InChI is InChI=1S/C15H20FN3O2.ClH/c1-17-8-10-18(2)14(20)13-7-9-19(15(13)21)12-5-3-11(16)4-6-12;/h3-6,13,17H,7-10H2,1-2H3;1H. The summed E-state index contributed by atoms with van der Waals surface area (Å²) in [5, 5.41) is 2.97. The van der Waals surface area contributed by atoms with E-state index in [0.717, 1.165) is 0 Å². The normalized spacial score (nSPS) is 17.3. The van der Waals surface area contributed by atoms with E-state index in [4.69, 9.17) is 0 Å². The van der Waals surface area contributed by atoms with E-state index >= 15 is 0 Å². The molecule has 0 saturated carbocycles. The van der Waals surface area contributed by atoms with Gasteiger partial charge in [-0.25, -0.2) is 4.39 Å². The Morgan fingerprint density at radius 1 is 1.41 bits per heavy atom. The Labute approximate surface area is 135 Å². The van der Waals surface area contributed by atoms with Crippen LogP contribution in [0.4, 0.5) is 10.1 Å². The van der Waals surface area contributed by atoms with Gasteiger partial charge in [-0.3, -0.25) is 9.59 Å². The molecule has 1 atom stereocenters. The minimum atomic E-state index is -0.628. The fourth-order valence-corrected chi connectivity index (χ4v) is 2.44. The molecule has 0 bridgehead atoms. The third kappa shape index (κ3) is 3.96. The van der Waals surface area contributed by atoms with E-state index in [1.165, 1.54) is 12.1 Å². The highest BCUT2D eigenvalue weighted by Crippen LogP contribution is 2.26. The zero-order chi connectivity index (χ0) is 15.4. The molecule has 0 radical (unpaired) electrons. The first-order valence-electron chi connectivity index (χ1n) is 7.01. The van der Waals surface area contributed by atoms with Gasteiger partial charge in [-0.05, 0) is 37.7 Å². The number of nitrogens with one attached hydrogen (secondary N) is 1. The third-order valence-corrected chi connectivity index (χ3v) is 3.72. The van der Waals surface area contributed by atoms with E-state index in [9.17, 15) is 14.0 Å². The molecular weight excluding hydrogens is 309 g/mol. The second-order valence-electron chi connectivity index (χ2n) is 5.17. The Morgan fingerprint density at radius 2 is 2.05 bits per heavy atom. The largest absolute Gasteiger partial charge is 0.344 e. The van der Waals surface area contributed by atoms with E-state index in [1.54, 1.807) is 29.0 Å². The van der Waals surface area contributed by atoms with Crippen LogP contribution >= 0.6 is 12.4 Å². The number of halogens is 2. The summed E-state index contributed by atoms with van der Waals surface area (Å²) in [4.78, 5) is 27.8. The Hall–Kier alpha value is -1.66. The van der Waals surface area contributed by atoms with Crippen molar-refractivity contribution < 1.29 is 14.0 Å². The molecule has 122 valence electrons. The minimum absolute atomic E-state index is 0. The van der Waals surface area contributed by atoms with Crippen LogP contribution in [-0.2, 0) is 9.59 Å². The van der Waals surface area contributed by atoms with Gasteiger partial charge in [0.15, 0.2) is 0 Å². The van der Waals surface area contributed by atoms with Gasteiger partial charge in [0.1, 0.15) is 11.7 Å². The summed E-state index contributed by atoms with van der Waals surface area (Å²) in [5.41, 5.74) is 0.634. The SMILES string of the molecule is CNCCN(C)C(=O)C1CCN(c2ccc(F)cc2)C1=O.Cl. The molecule has 1 aliphatic rings. The first kappa shape index (κ1) is 18.4. The number of carbonyl (C=O) groups excluding carboxylic acids is 2. The molecule has 2 rings (SSSR count). The quantitative estimate of drug-likeness (QED) is 0.828. The molecule has 1 N–H and O–H groups in total. The van der Waals surface area contributed by atoms with Crippen molar-refractivity contribution in [3.8, 4) is 0 Å². The van der Waals surface area contributed by atoms with Gasteiger partial charge in [0.05, 0.1) is 0 Å². The smallest absolute Gasteiger partial charge is 0.239 e. The molecular formula is C15H21ClFN3O2. The van der Waals surface area contributed by atoms with E-state index in [2.05, 4.69) is 5.32 Å². The van der Waals surface area contributed by atoms with Crippen molar-refractivity contribution in [2.24, 2.45) is 5.92 Å². The zero-order valence-electron chi connectivity index (χ0n) is 12.7. The molecule has 1 aromatic rings. The van der Waals surface area contributed by atoms with Crippen LogP contribution in [0, 0.1) is 11.7 Å². The van der Waals surface area contributed by atoms with Crippen molar-refractivity contribution in [3.05, 3.63) is 30.1 Å². The van der Waals surface area contributed by atoms with E-state index in [0.29, 0.717) is 31.7 Å². The predicted octanol–water partition coefficient (Wildman–Crippen LogP) is 1.28.